The molecule has 7 nitrogen and oxygen atoms in total. The Morgan fingerprint density at radius 1 is 0.972 bits per heavy atom. The Morgan fingerprint density at radius 2 is 1.64 bits per heavy atom. The number of nitrogens with zero attached hydrogens (tertiary/aromatic N) is 2. The maximum Gasteiger partial charge on any atom is 0.348 e. The van der Waals surface area contributed by atoms with E-state index in [9.17, 15) is 9.59 Å². The highest BCUT2D eigenvalue weighted by Gasteiger charge is 2.28. The SMILES string of the molecule is CCOC(=O)c1sc(NC(=S)N2CCN(Cc3cccc4ccccc34)CC2)c(C(=O)OCC)c1C. The van der Waals surface area contributed by atoms with E-state index in [1.165, 1.54) is 27.7 Å². The normalized spacial score (nSPS) is 14.0. The predicted molar refractivity (Wildman–Crippen MR) is 148 cm³/mol. The predicted octanol–water partition coefficient (Wildman–Crippen LogP) is 5.08. The van der Waals surface area contributed by atoms with Crippen molar-refractivity contribution in [1.82, 2.24) is 9.80 Å². The lowest BCUT2D eigenvalue weighted by Crippen LogP contribution is -2.49. The van der Waals surface area contributed by atoms with E-state index < -0.39 is 11.9 Å². The number of thiocarbonyl (C=S) groups is 1. The molecule has 0 saturated carbocycles. The summed E-state index contributed by atoms with van der Waals surface area (Å²) in [4.78, 5) is 30.0. The second kappa shape index (κ2) is 11.8. The lowest BCUT2D eigenvalue weighted by molar-refractivity contribution is 0.0527. The zero-order chi connectivity index (χ0) is 25.7. The summed E-state index contributed by atoms with van der Waals surface area (Å²) >= 11 is 6.88. The standard InChI is InChI=1S/C27H31N3O4S2/c1-4-33-25(31)22-18(3)23(26(32)34-5-2)36-24(22)28-27(35)30-15-13-29(14-16-30)17-20-11-8-10-19-9-6-7-12-21(19)20/h6-12H,4-5,13-17H2,1-3H3,(H,28,35). The van der Waals surface area contributed by atoms with Gasteiger partial charge in [0.05, 0.1) is 18.8 Å². The number of esters is 2. The largest absolute Gasteiger partial charge is 0.462 e. The molecule has 0 unspecified atom stereocenters. The van der Waals surface area contributed by atoms with Gasteiger partial charge in [-0.3, -0.25) is 4.90 Å². The summed E-state index contributed by atoms with van der Waals surface area (Å²) in [5.74, 6) is -0.932. The minimum atomic E-state index is -0.480. The van der Waals surface area contributed by atoms with E-state index in [4.69, 9.17) is 21.7 Å². The van der Waals surface area contributed by atoms with Crippen LogP contribution in [0.2, 0.25) is 0 Å². The lowest BCUT2D eigenvalue weighted by Gasteiger charge is -2.36. The number of benzene rings is 2. The van der Waals surface area contributed by atoms with Crippen LogP contribution in [0, 0.1) is 6.92 Å². The number of ether oxygens (including phenoxy) is 2. The summed E-state index contributed by atoms with van der Waals surface area (Å²) in [6, 6.07) is 14.9. The number of fused-ring (bicyclic) bond motifs is 1. The van der Waals surface area contributed by atoms with Gasteiger partial charge in [-0.2, -0.15) is 0 Å². The third-order valence-electron chi connectivity index (χ3n) is 6.24. The van der Waals surface area contributed by atoms with Gasteiger partial charge in [0.15, 0.2) is 5.11 Å². The molecule has 190 valence electrons. The van der Waals surface area contributed by atoms with Gasteiger partial charge in [0.2, 0.25) is 0 Å². The monoisotopic (exact) mass is 525 g/mol. The number of nitrogens with one attached hydrogen (secondary N) is 1. The highest BCUT2D eigenvalue weighted by Crippen LogP contribution is 2.34. The van der Waals surface area contributed by atoms with Gasteiger partial charge in [-0.1, -0.05) is 42.5 Å². The third kappa shape index (κ3) is 5.69. The molecule has 0 amide bonds. The number of anilines is 1. The molecule has 36 heavy (non-hydrogen) atoms. The van der Waals surface area contributed by atoms with E-state index >= 15 is 0 Å². The van der Waals surface area contributed by atoms with E-state index in [1.807, 2.05) is 0 Å². The van der Waals surface area contributed by atoms with Gasteiger partial charge in [-0.05, 0) is 54.9 Å². The molecule has 1 aliphatic rings. The third-order valence-corrected chi connectivity index (χ3v) is 7.79. The number of carbonyl (C=O) groups excluding carboxylic acids is 2. The van der Waals surface area contributed by atoms with E-state index in [0.717, 1.165) is 32.7 Å². The zero-order valence-corrected chi connectivity index (χ0v) is 22.5. The zero-order valence-electron chi connectivity index (χ0n) is 20.8. The molecule has 1 aromatic heterocycles. The molecule has 0 radical (unpaired) electrons. The highest BCUT2D eigenvalue weighted by atomic mass is 32.1. The molecule has 1 fully saturated rings. The molecule has 3 aromatic rings. The van der Waals surface area contributed by atoms with Crippen LogP contribution in [0.5, 0.6) is 0 Å². The van der Waals surface area contributed by atoms with Gasteiger partial charge in [0.1, 0.15) is 9.88 Å². The summed E-state index contributed by atoms with van der Waals surface area (Å²) in [5, 5.41) is 6.80. The van der Waals surface area contributed by atoms with Crippen LogP contribution in [0.1, 0.15) is 45.0 Å². The van der Waals surface area contributed by atoms with Crippen LogP contribution in [0.15, 0.2) is 42.5 Å². The average molecular weight is 526 g/mol. The van der Waals surface area contributed by atoms with Crippen molar-refractivity contribution in [2.75, 3.05) is 44.7 Å². The fourth-order valence-corrected chi connectivity index (χ4v) is 5.84. The smallest absolute Gasteiger partial charge is 0.348 e. The highest BCUT2D eigenvalue weighted by molar-refractivity contribution is 7.80. The summed E-state index contributed by atoms with van der Waals surface area (Å²) in [6.45, 7) is 9.88. The van der Waals surface area contributed by atoms with Crippen LogP contribution in [0.25, 0.3) is 10.8 Å². The van der Waals surface area contributed by atoms with Crippen molar-refractivity contribution in [1.29, 1.82) is 0 Å². The van der Waals surface area contributed by atoms with Crippen molar-refractivity contribution in [3.63, 3.8) is 0 Å². The molecule has 9 heteroatoms. The molecule has 4 rings (SSSR count). The molecule has 0 bridgehead atoms. The Morgan fingerprint density at radius 3 is 2.36 bits per heavy atom. The minimum Gasteiger partial charge on any atom is -0.462 e. The van der Waals surface area contributed by atoms with Gasteiger partial charge >= 0.3 is 11.9 Å². The van der Waals surface area contributed by atoms with Crippen molar-refractivity contribution in [3.05, 3.63) is 64.0 Å². The molecule has 1 aliphatic heterocycles. The molecule has 1 N–H and O–H groups in total. The van der Waals surface area contributed by atoms with E-state index in [0.29, 0.717) is 26.1 Å². The topological polar surface area (TPSA) is 71.1 Å². The second-order valence-electron chi connectivity index (χ2n) is 8.53. The maximum atomic E-state index is 12.7. The first-order valence-corrected chi connectivity index (χ1v) is 13.4. The van der Waals surface area contributed by atoms with Crippen molar-refractivity contribution in [3.8, 4) is 0 Å². The second-order valence-corrected chi connectivity index (χ2v) is 9.94. The fourth-order valence-electron chi connectivity index (χ4n) is 4.40. The lowest BCUT2D eigenvalue weighted by atomic mass is 10.0. The molecule has 2 aromatic carbocycles. The van der Waals surface area contributed by atoms with Gasteiger partial charge in [-0.25, -0.2) is 9.59 Å². The fraction of sp³-hybridized carbons (Fsp3) is 0.370. The molecular weight excluding hydrogens is 494 g/mol. The summed E-state index contributed by atoms with van der Waals surface area (Å²) in [7, 11) is 0. The van der Waals surface area contributed by atoms with Crippen LogP contribution in [-0.2, 0) is 16.0 Å². The van der Waals surface area contributed by atoms with Gasteiger partial charge in [0.25, 0.3) is 0 Å². The Bertz CT molecular complexity index is 1260. The molecule has 2 heterocycles. The van der Waals surface area contributed by atoms with Gasteiger partial charge in [0, 0.05) is 32.7 Å². The van der Waals surface area contributed by atoms with Gasteiger partial charge in [-0.15, -0.1) is 11.3 Å². The summed E-state index contributed by atoms with van der Waals surface area (Å²) < 4.78 is 10.4. The van der Waals surface area contributed by atoms with Crippen molar-refractivity contribution >= 4 is 56.4 Å². The molecular formula is C27H31N3O4S2. The van der Waals surface area contributed by atoms with Crippen molar-refractivity contribution in [2.45, 2.75) is 27.3 Å². The Kier molecular flexibility index (Phi) is 8.56. The van der Waals surface area contributed by atoms with E-state index in [2.05, 4.69) is 57.6 Å². The Balaban J connectivity index is 1.43. The van der Waals surface area contributed by atoms with Crippen LogP contribution in [0.4, 0.5) is 5.00 Å². The first kappa shape index (κ1) is 26.1. The van der Waals surface area contributed by atoms with E-state index in [1.54, 1.807) is 20.8 Å². The quantitative estimate of drug-likeness (QED) is 0.338. The Hall–Kier alpha value is -3.01. The number of hydrogen-bond acceptors (Lipinski definition) is 7. The molecule has 1 saturated heterocycles. The van der Waals surface area contributed by atoms with Crippen molar-refractivity contribution in [2.24, 2.45) is 0 Å². The molecule has 0 spiro atoms. The number of carbonyl (C=O) groups is 2. The average Bonchev–Trinajstić information content (AvgIpc) is 3.20. The number of hydrogen-bond donors (Lipinski definition) is 1. The number of rotatable bonds is 7. The number of thiophene rings is 1. The first-order chi connectivity index (χ1) is 17.4. The summed E-state index contributed by atoms with van der Waals surface area (Å²) in [6.07, 6.45) is 0. The van der Waals surface area contributed by atoms with Crippen LogP contribution in [-0.4, -0.2) is 66.2 Å². The molecule has 0 aliphatic carbocycles. The number of piperazine rings is 1. The van der Waals surface area contributed by atoms with Crippen LogP contribution < -0.4 is 5.32 Å². The summed E-state index contributed by atoms with van der Waals surface area (Å²) in [5.41, 5.74) is 2.20. The van der Waals surface area contributed by atoms with Crippen LogP contribution >= 0.6 is 23.6 Å². The molecule has 0 atom stereocenters. The van der Waals surface area contributed by atoms with Crippen molar-refractivity contribution < 1.29 is 19.1 Å². The maximum absolute atomic E-state index is 12.7. The Labute approximate surface area is 221 Å². The first-order valence-electron chi connectivity index (χ1n) is 12.2. The van der Waals surface area contributed by atoms with Gasteiger partial charge < -0.3 is 19.7 Å². The van der Waals surface area contributed by atoms with Crippen LogP contribution in [0.3, 0.4) is 0 Å². The minimum absolute atomic E-state index is 0.241. The van der Waals surface area contributed by atoms with E-state index in [-0.39, 0.29) is 13.2 Å².